The number of aliphatic hydroxyl groups excluding tert-OH is 1. The lowest BCUT2D eigenvalue weighted by Gasteiger charge is -2.28. The number of nitrogens with one attached hydrogen (secondary N) is 1. The highest BCUT2D eigenvalue weighted by Crippen LogP contribution is 2.31. The summed E-state index contributed by atoms with van der Waals surface area (Å²) >= 11 is 6.19. The van der Waals surface area contributed by atoms with Crippen molar-refractivity contribution < 1.29 is 26.7 Å². The summed E-state index contributed by atoms with van der Waals surface area (Å²) in [5.74, 6) is 0.180. The second kappa shape index (κ2) is 8.63. The molecule has 3 rings (SSSR count). The van der Waals surface area contributed by atoms with Crippen LogP contribution in [0.1, 0.15) is 36.0 Å². The number of aromatic amines is 1. The first kappa shape index (κ1) is 22.1. The van der Waals surface area contributed by atoms with Crippen LogP contribution in [0.15, 0.2) is 30.3 Å². The molecule has 0 aliphatic carbocycles. The van der Waals surface area contributed by atoms with Gasteiger partial charge in [0, 0.05) is 18.1 Å². The molecule has 1 aromatic heterocycles. The van der Waals surface area contributed by atoms with Gasteiger partial charge in [-0.1, -0.05) is 29.8 Å². The fourth-order valence-electron chi connectivity index (χ4n) is 3.39. The van der Waals surface area contributed by atoms with Gasteiger partial charge in [0.1, 0.15) is 6.23 Å². The molecule has 0 radical (unpaired) electrons. The Kier molecular flexibility index (Phi) is 6.57. The summed E-state index contributed by atoms with van der Waals surface area (Å²) in [4.78, 5) is 1.56. The van der Waals surface area contributed by atoms with Crippen molar-refractivity contribution in [2.45, 2.75) is 31.8 Å². The SMILES string of the molecule is O=S1(=O)CCC(CCN(Cc2ccccc2Cl)C(O)c2cc(C(F)(F)F)n[nH]2)C1. The van der Waals surface area contributed by atoms with Crippen molar-refractivity contribution in [3.8, 4) is 0 Å². The number of alkyl halides is 3. The summed E-state index contributed by atoms with van der Waals surface area (Å²) < 4.78 is 61.9. The largest absolute Gasteiger partial charge is 0.435 e. The van der Waals surface area contributed by atoms with E-state index in [9.17, 15) is 26.7 Å². The monoisotopic (exact) mass is 451 g/mol. The number of hydrogen-bond donors (Lipinski definition) is 2. The van der Waals surface area contributed by atoms with Gasteiger partial charge in [0.25, 0.3) is 0 Å². The minimum Gasteiger partial charge on any atom is -0.372 e. The number of aliphatic hydroxyl groups is 1. The van der Waals surface area contributed by atoms with E-state index in [0.717, 1.165) is 6.07 Å². The van der Waals surface area contributed by atoms with Crippen LogP contribution in [0, 0.1) is 5.92 Å². The minimum absolute atomic E-state index is 0.0477. The van der Waals surface area contributed by atoms with Crippen LogP contribution in [0.5, 0.6) is 0 Å². The average molecular weight is 452 g/mol. The van der Waals surface area contributed by atoms with Crippen molar-refractivity contribution in [3.05, 3.63) is 52.3 Å². The van der Waals surface area contributed by atoms with Gasteiger partial charge >= 0.3 is 6.18 Å². The van der Waals surface area contributed by atoms with Gasteiger partial charge in [-0.3, -0.25) is 10.00 Å². The van der Waals surface area contributed by atoms with Crippen LogP contribution in [-0.4, -0.2) is 46.7 Å². The maximum absolute atomic E-state index is 12.8. The highest BCUT2D eigenvalue weighted by Gasteiger charge is 2.35. The lowest BCUT2D eigenvalue weighted by atomic mass is 10.0. The summed E-state index contributed by atoms with van der Waals surface area (Å²) in [5.41, 5.74) is -0.516. The van der Waals surface area contributed by atoms with E-state index in [2.05, 4.69) is 10.2 Å². The van der Waals surface area contributed by atoms with E-state index in [1.165, 1.54) is 0 Å². The Bertz CT molecular complexity index is 949. The predicted octanol–water partition coefficient (Wildman–Crippen LogP) is 3.40. The number of halogens is 4. The van der Waals surface area contributed by atoms with Crippen LogP contribution < -0.4 is 0 Å². The molecule has 0 saturated carbocycles. The van der Waals surface area contributed by atoms with Crippen LogP contribution in [0.3, 0.4) is 0 Å². The zero-order valence-electron chi connectivity index (χ0n) is 15.4. The molecule has 6 nitrogen and oxygen atoms in total. The first-order chi connectivity index (χ1) is 13.5. The van der Waals surface area contributed by atoms with E-state index in [-0.39, 0.29) is 36.2 Å². The first-order valence-corrected chi connectivity index (χ1v) is 11.2. The molecule has 0 spiro atoms. The van der Waals surface area contributed by atoms with Crippen LogP contribution in [0.4, 0.5) is 13.2 Å². The number of benzene rings is 1. The van der Waals surface area contributed by atoms with Crippen molar-refractivity contribution in [2.75, 3.05) is 18.1 Å². The minimum atomic E-state index is -4.62. The number of nitrogens with zero attached hydrogens (tertiary/aromatic N) is 2. The van der Waals surface area contributed by atoms with Crippen LogP contribution in [0.25, 0.3) is 0 Å². The molecule has 11 heteroatoms. The smallest absolute Gasteiger partial charge is 0.372 e. The van der Waals surface area contributed by atoms with E-state index in [4.69, 9.17) is 11.6 Å². The van der Waals surface area contributed by atoms with Crippen molar-refractivity contribution in [3.63, 3.8) is 0 Å². The van der Waals surface area contributed by atoms with Crippen LogP contribution in [-0.2, 0) is 22.6 Å². The third-order valence-corrected chi connectivity index (χ3v) is 7.20. The zero-order valence-corrected chi connectivity index (χ0v) is 16.9. The molecule has 0 bridgehead atoms. The molecule has 1 aliphatic rings. The normalized spacial score (nSPS) is 20.3. The van der Waals surface area contributed by atoms with E-state index in [1.54, 1.807) is 29.2 Å². The Morgan fingerprint density at radius 3 is 2.66 bits per heavy atom. The van der Waals surface area contributed by atoms with Crippen LogP contribution >= 0.6 is 11.6 Å². The predicted molar refractivity (Wildman–Crippen MR) is 102 cm³/mol. The Morgan fingerprint density at radius 1 is 1.34 bits per heavy atom. The van der Waals surface area contributed by atoms with Gasteiger partial charge in [-0.25, -0.2) is 8.42 Å². The highest BCUT2D eigenvalue weighted by molar-refractivity contribution is 7.91. The number of hydrogen-bond acceptors (Lipinski definition) is 5. The maximum Gasteiger partial charge on any atom is 0.435 e. The maximum atomic E-state index is 12.8. The highest BCUT2D eigenvalue weighted by atomic mass is 35.5. The van der Waals surface area contributed by atoms with Gasteiger partial charge in [-0.15, -0.1) is 0 Å². The molecule has 160 valence electrons. The second-order valence-electron chi connectivity index (χ2n) is 7.20. The van der Waals surface area contributed by atoms with Gasteiger partial charge in [-0.05, 0) is 36.5 Å². The summed E-state index contributed by atoms with van der Waals surface area (Å²) in [6.07, 6.45) is -4.98. The van der Waals surface area contributed by atoms with Crippen molar-refractivity contribution in [1.82, 2.24) is 15.1 Å². The van der Waals surface area contributed by atoms with Gasteiger partial charge in [0.15, 0.2) is 15.5 Å². The van der Waals surface area contributed by atoms with Gasteiger partial charge in [0.2, 0.25) is 0 Å². The number of aromatic nitrogens is 2. The molecule has 2 N–H and O–H groups in total. The topological polar surface area (TPSA) is 86.3 Å². The van der Waals surface area contributed by atoms with Crippen molar-refractivity contribution >= 4 is 21.4 Å². The molecule has 1 saturated heterocycles. The molecule has 1 aliphatic heterocycles. The molecule has 1 fully saturated rings. The number of sulfone groups is 1. The van der Waals surface area contributed by atoms with Crippen molar-refractivity contribution in [1.29, 1.82) is 0 Å². The summed E-state index contributed by atoms with van der Waals surface area (Å²) in [5, 5.41) is 16.7. The quantitative estimate of drug-likeness (QED) is 0.630. The molecule has 2 atom stereocenters. The Balaban J connectivity index is 1.77. The molecule has 2 heterocycles. The third-order valence-electron chi connectivity index (χ3n) is 4.99. The van der Waals surface area contributed by atoms with Gasteiger partial charge in [-0.2, -0.15) is 18.3 Å². The van der Waals surface area contributed by atoms with E-state index in [0.29, 0.717) is 23.4 Å². The van der Waals surface area contributed by atoms with Gasteiger partial charge in [0.05, 0.1) is 17.2 Å². The fraction of sp³-hybridized carbons (Fsp3) is 0.500. The summed E-state index contributed by atoms with van der Waals surface area (Å²) in [7, 11) is -3.04. The fourth-order valence-corrected chi connectivity index (χ4v) is 5.50. The third kappa shape index (κ3) is 5.71. The Morgan fingerprint density at radius 2 is 2.07 bits per heavy atom. The van der Waals surface area contributed by atoms with E-state index >= 15 is 0 Å². The molecule has 2 aromatic rings. The number of rotatable bonds is 7. The molecule has 1 aromatic carbocycles. The Labute approximate surface area is 171 Å². The summed E-state index contributed by atoms with van der Waals surface area (Å²) in [6.45, 7) is 0.466. The average Bonchev–Trinajstić information content (AvgIpc) is 3.26. The van der Waals surface area contributed by atoms with E-state index in [1.807, 2.05) is 0 Å². The standard InChI is InChI=1S/C18H21ClF3N3O3S/c19-14-4-2-1-3-13(14)10-25(7-5-12-6-8-29(27,28)11-12)17(26)15-9-16(24-23-15)18(20,21)22/h1-4,9,12,17,26H,5-8,10-11H2,(H,23,24). The molecule has 29 heavy (non-hydrogen) atoms. The molecule has 2 unspecified atom stereocenters. The van der Waals surface area contributed by atoms with Gasteiger partial charge < -0.3 is 5.11 Å². The number of H-pyrrole nitrogens is 1. The van der Waals surface area contributed by atoms with E-state index < -0.39 is 27.9 Å². The molecular formula is C18H21ClF3N3O3S. The first-order valence-electron chi connectivity index (χ1n) is 9.03. The molecular weight excluding hydrogens is 431 g/mol. The van der Waals surface area contributed by atoms with Crippen molar-refractivity contribution in [2.24, 2.45) is 5.92 Å². The van der Waals surface area contributed by atoms with Crippen LogP contribution in [0.2, 0.25) is 5.02 Å². The zero-order chi connectivity index (χ0) is 21.2. The second-order valence-corrected chi connectivity index (χ2v) is 9.84. The Hall–Kier alpha value is -1.62. The lowest BCUT2D eigenvalue weighted by molar-refractivity contribution is -0.141. The molecule has 0 amide bonds. The summed E-state index contributed by atoms with van der Waals surface area (Å²) in [6, 6.07) is 7.73. The lowest BCUT2D eigenvalue weighted by Crippen LogP contribution is -2.31.